The van der Waals surface area contributed by atoms with Gasteiger partial charge in [0.2, 0.25) is 5.75 Å². The first-order valence-corrected chi connectivity index (χ1v) is 12.3. The summed E-state index contributed by atoms with van der Waals surface area (Å²) in [7, 11) is 6.13. The van der Waals surface area contributed by atoms with E-state index < -0.39 is 5.97 Å². The van der Waals surface area contributed by atoms with Gasteiger partial charge in [0.25, 0.3) is 0 Å². The second-order valence-corrected chi connectivity index (χ2v) is 8.82. The van der Waals surface area contributed by atoms with Crippen molar-refractivity contribution >= 4 is 39.7 Å². The molecule has 0 bridgehead atoms. The topological polar surface area (TPSA) is 94.7 Å². The highest BCUT2D eigenvalue weighted by Crippen LogP contribution is 2.43. The lowest BCUT2D eigenvalue weighted by molar-refractivity contribution is -0.134. The number of anilines is 1. The third-order valence-electron chi connectivity index (χ3n) is 6.47. The molecule has 0 aliphatic heterocycles. The third-order valence-corrected chi connectivity index (χ3v) is 6.47. The number of esters is 1. The maximum Gasteiger partial charge on any atom is 0.330 e. The Hall–Kier alpha value is -4.98. The normalized spacial score (nSPS) is 11.2. The molecule has 0 unspecified atom stereocenters. The largest absolute Gasteiger partial charge is 0.493 e. The van der Waals surface area contributed by atoms with Crippen LogP contribution in [0, 0.1) is 0 Å². The predicted octanol–water partition coefficient (Wildman–Crippen LogP) is 6.21. The maximum atomic E-state index is 11.5. The van der Waals surface area contributed by atoms with Gasteiger partial charge in [0, 0.05) is 34.5 Å². The summed E-state index contributed by atoms with van der Waals surface area (Å²) in [6, 6.07) is 21.9. The molecule has 2 heterocycles. The molecule has 0 aliphatic rings. The Kier molecular flexibility index (Phi) is 7.36. The Morgan fingerprint density at radius 3 is 2.38 bits per heavy atom. The van der Waals surface area contributed by atoms with Crippen LogP contribution in [0.2, 0.25) is 0 Å². The zero-order chi connectivity index (χ0) is 27.4. The number of para-hydroxylation sites is 1. The van der Waals surface area contributed by atoms with Crippen LogP contribution < -0.4 is 19.5 Å². The molecule has 5 rings (SSSR count). The first-order valence-electron chi connectivity index (χ1n) is 12.3. The smallest absolute Gasteiger partial charge is 0.330 e. The molecule has 0 atom stereocenters. The van der Waals surface area contributed by atoms with Crippen molar-refractivity contribution < 1.29 is 23.7 Å². The van der Waals surface area contributed by atoms with Crippen LogP contribution in [0.1, 0.15) is 11.1 Å². The number of benzene rings is 3. The zero-order valence-electron chi connectivity index (χ0n) is 22.2. The Labute approximate surface area is 226 Å². The molecular formula is C31H29N3O5. The molecule has 2 aromatic heterocycles. The molecule has 5 aromatic rings. The number of H-pyrrole nitrogens is 1. The summed E-state index contributed by atoms with van der Waals surface area (Å²) in [6.45, 7) is 0.537. The molecule has 0 amide bonds. The molecule has 0 radical (unpaired) electrons. The summed E-state index contributed by atoms with van der Waals surface area (Å²) in [5, 5.41) is 5.61. The number of hydrogen-bond acceptors (Lipinski definition) is 7. The van der Waals surface area contributed by atoms with Crippen LogP contribution in [0.15, 0.2) is 72.8 Å². The molecular weight excluding hydrogens is 494 g/mol. The fourth-order valence-corrected chi connectivity index (χ4v) is 4.59. The monoisotopic (exact) mass is 523 g/mol. The maximum absolute atomic E-state index is 11.5. The van der Waals surface area contributed by atoms with Gasteiger partial charge in [-0.2, -0.15) is 0 Å². The highest BCUT2D eigenvalue weighted by Gasteiger charge is 2.19. The van der Waals surface area contributed by atoms with Crippen molar-refractivity contribution in [1.82, 2.24) is 9.97 Å². The van der Waals surface area contributed by atoms with Crippen molar-refractivity contribution in [2.75, 3.05) is 33.8 Å². The van der Waals surface area contributed by atoms with Gasteiger partial charge in [0.05, 0.1) is 39.6 Å². The van der Waals surface area contributed by atoms with Gasteiger partial charge in [-0.3, -0.25) is 0 Å². The van der Waals surface area contributed by atoms with Crippen molar-refractivity contribution in [3.05, 3.63) is 83.9 Å². The number of nitrogens with one attached hydrogen (secondary N) is 2. The van der Waals surface area contributed by atoms with Gasteiger partial charge in [-0.15, -0.1) is 0 Å². The molecule has 2 N–H and O–H groups in total. The molecule has 39 heavy (non-hydrogen) atoms. The van der Waals surface area contributed by atoms with E-state index in [1.807, 2.05) is 48.5 Å². The van der Waals surface area contributed by atoms with E-state index in [1.54, 1.807) is 27.4 Å². The summed E-state index contributed by atoms with van der Waals surface area (Å²) in [4.78, 5) is 20.0. The SMILES string of the molecule is COC(=O)/C=C/c1cccc(CNc2cc3c([nH]c4ccccc43)c(-c3cc(OC)c(OC)c(OC)c3)n2)c1. The number of aromatic nitrogens is 2. The summed E-state index contributed by atoms with van der Waals surface area (Å²) in [5.74, 6) is 1.94. The van der Waals surface area contributed by atoms with E-state index in [9.17, 15) is 4.79 Å². The lowest BCUT2D eigenvalue weighted by Gasteiger charge is -2.15. The number of pyridine rings is 1. The summed E-state index contributed by atoms with van der Waals surface area (Å²) in [5.41, 5.74) is 5.44. The van der Waals surface area contributed by atoms with Crippen LogP contribution in [0.5, 0.6) is 17.2 Å². The van der Waals surface area contributed by atoms with Gasteiger partial charge in [0.15, 0.2) is 11.5 Å². The highest BCUT2D eigenvalue weighted by atomic mass is 16.5. The van der Waals surface area contributed by atoms with Gasteiger partial charge in [0.1, 0.15) is 5.82 Å². The Bertz CT molecular complexity index is 1660. The lowest BCUT2D eigenvalue weighted by atomic mass is 10.1. The summed E-state index contributed by atoms with van der Waals surface area (Å²) in [6.07, 6.45) is 3.14. The van der Waals surface area contributed by atoms with Crippen molar-refractivity contribution in [2.24, 2.45) is 0 Å². The Morgan fingerprint density at radius 1 is 0.897 bits per heavy atom. The molecule has 0 fully saturated rings. The number of methoxy groups -OCH3 is 4. The number of hydrogen-bond donors (Lipinski definition) is 2. The Balaban J connectivity index is 1.57. The quantitative estimate of drug-likeness (QED) is 0.175. The molecule has 198 valence electrons. The fourth-order valence-electron chi connectivity index (χ4n) is 4.59. The van der Waals surface area contributed by atoms with E-state index in [1.165, 1.54) is 13.2 Å². The molecule has 0 saturated carbocycles. The second-order valence-electron chi connectivity index (χ2n) is 8.82. The molecule has 0 spiro atoms. The lowest BCUT2D eigenvalue weighted by Crippen LogP contribution is -2.03. The molecule has 8 nitrogen and oxygen atoms in total. The van der Waals surface area contributed by atoms with Crippen LogP contribution in [0.25, 0.3) is 39.1 Å². The number of ether oxygens (including phenoxy) is 4. The first-order chi connectivity index (χ1) is 19.0. The minimum atomic E-state index is -0.394. The Morgan fingerprint density at radius 2 is 1.67 bits per heavy atom. The van der Waals surface area contributed by atoms with Gasteiger partial charge in [-0.25, -0.2) is 9.78 Å². The van der Waals surface area contributed by atoms with Crippen LogP contribution in [-0.2, 0) is 16.1 Å². The van der Waals surface area contributed by atoms with Crippen molar-refractivity contribution in [3.8, 4) is 28.5 Å². The molecule has 3 aromatic carbocycles. The number of fused-ring (bicyclic) bond motifs is 3. The highest BCUT2D eigenvalue weighted by molar-refractivity contribution is 6.12. The average Bonchev–Trinajstić information content (AvgIpc) is 3.36. The predicted molar refractivity (Wildman–Crippen MR) is 154 cm³/mol. The number of carbonyl (C=O) groups excluding carboxylic acids is 1. The van der Waals surface area contributed by atoms with Gasteiger partial charge >= 0.3 is 5.97 Å². The summed E-state index contributed by atoms with van der Waals surface area (Å²) >= 11 is 0. The van der Waals surface area contributed by atoms with Crippen LogP contribution in [0.4, 0.5) is 5.82 Å². The van der Waals surface area contributed by atoms with E-state index in [4.69, 9.17) is 19.2 Å². The average molecular weight is 524 g/mol. The van der Waals surface area contributed by atoms with Crippen molar-refractivity contribution in [3.63, 3.8) is 0 Å². The first kappa shape index (κ1) is 25.7. The van der Waals surface area contributed by atoms with Crippen LogP contribution in [0.3, 0.4) is 0 Å². The number of aromatic amines is 1. The number of carbonyl (C=O) groups is 1. The van der Waals surface area contributed by atoms with Crippen molar-refractivity contribution in [1.29, 1.82) is 0 Å². The molecule has 0 aliphatic carbocycles. The second kappa shape index (κ2) is 11.2. The molecule has 8 heteroatoms. The molecule has 0 saturated heterocycles. The minimum absolute atomic E-state index is 0.394. The van der Waals surface area contributed by atoms with Crippen LogP contribution in [-0.4, -0.2) is 44.4 Å². The third kappa shape index (κ3) is 5.22. The van der Waals surface area contributed by atoms with E-state index in [0.717, 1.165) is 44.2 Å². The van der Waals surface area contributed by atoms with E-state index in [-0.39, 0.29) is 0 Å². The van der Waals surface area contributed by atoms with Gasteiger partial charge in [-0.1, -0.05) is 36.4 Å². The van der Waals surface area contributed by atoms with Crippen LogP contribution >= 0.6 is 0 Å². The van der Waals surface area contributed by atoms with E-state index in [2.05, 4.69) is 33.2 Å². The number of nitrogens with zero attached hydrogens (tertiary/aromatic N) is 1. The fraction of sp³-hybridized carbons (Fsp3) is 0.161. The van der Waals surface area contributed by atoms with Crippen molar-refractivity contribution in [2.45, 2.75) is 6.54 Å². The standard InChI is InChI=1S/C31H29N3O5/c1-36-25-15-21(16-26(37-2)31(25)39-4)29-30-23(22-10-5-6-11-24(22)33-30)17-27(34-29)32-18-20-9-7-8-19(14-20)12-13-28(35)38-3/h5-17,33H,18H2,1-4H3,(H,32,34)/b13-12+. The van der Waals surface area contributed by atoms with E-state index >= 15 is 0 Å². The van der Waals surface area contributed by atoms with Gasteiger partial charge < -0.3 is 29.2 Å². The minimum Gasteiger partial charge on any atom is -0.493 e. The number of rotatable bonds is 9. The zero-order valence-corrected chi connectivity index (χ0v) is 22.2. The van der Waals surface area contributed by atoms with Gasteiger partial charge in [-0.05, 0) is 47.5 Å². The summed E-state index contributed by atoms with van der Waals surface area (Å²) < 4.78 is 21.4. The van der Waals surface area contributed by atoms with E-state index in [0.29, 0.717) is 29.6 Å².